The fourth-order valence-electron chi connectivity index (χ4n) is 9.54. The predicted molar refractivity (Wildman–Crippen MR) is 248 cm³/mol. The van der Waals surface area contributed by atoms with Crippen LogP contribution in [0.2, 0.25) is 0 Å². The van der Waals surface area contributed by atoms with E-state index in [0.29, 0.717) is 23.7 Å². The van der Waals surface area contributed by atoms with Crippen LogP contribution >= 0.6 is 0 Å². The number of nitrogens with zero attached hydrogens (tertiary/aromatic N) is 4. The molecule has 4 aromatic heterocycles. The van der Waals surface area contributed by atoms with Crippen molar-refractivity contribution < 1.29 is 4.74 Å². The van der Waals surface area contributed by atoms with Crippen LogP contribution in [0, 0.1) is 0 Å². The number of hydrogen-bond donors (Lipinski definition) is 0. The molecule has 0 bridgehead atoms. The van der Waals surface area contributed by atoms with Crippen LogP contribution in [0.25, 0.3) is 76.9 Å². The molecule has 0 N–H and O–H groups in total. The Kier molecular flexibility index (Phi) is 8.82. The highest BCUT2D eigenvalue weighted by atomic mass is 16.5. The van der Waals surface area contributed by atoms with Gasteiger partial charge in [-0.3, -0.25) is 8.80 Å². The van der Waals surface area contributed by atoms with Crippen LogP contribution in [-0.4, -0.2) is 18.8 Å². The van der Waals surface area contributed by atoms with Gasteiger partial charge in [-0.1, -0.05) is 116 Å². The van der Waals surface area contributed by atoms with E-state index in [1.165, 1.54) is 55.3 Å². The van der Waals surface area contributed by atoms with Gasteiger partial charge in [0, 0.05) is 46.3 Å². The summed E-state index contributed by atoms with van der Waals surface area (Å²) < 4.78 is 11.1. The van der Waals surface area contributed by atoms with Crippen LogP contribution in [0.1, 0.15) is 101 Å². The normalized spacial score (nSPS) is 12.3. The molecule has 4 heterocycles. The van der Waals surface area contributed by atoms with E-state index in [1.807, 2.05) is 12.4 Å². The van der Waals surface area contributed by atoms with Crippen LogP contribution in [0.3, 0.4) is 0 Å². The molecule has 5 heteroatoms. The van der Waals surface area contributed by atoms with Gasteiger partial charge < -0.3 is 4.74 Å². The van der Waals surface area contributed by atoms with Gasteiger partial charge in [0.1, 0.15) is 22.8 Å². The lowest BCUT2D eigenvalue weighted by Crippen LogP contribution is -2.00. The third kappa shape index (κ3) is 5.97. The number of fused-ring (bicyclic) bond motifs is 12. The number of benzene rings is 6. The lowest BCUT2D eigenvalue weighted by molar-refractivity contribution is 0.484. The molecule has 10 rings (SSSR count). The van der Waals surface area contributed by atoms with Crippen LogP contribution in [-0.2, 0) is 0 Å². The average molecular weight is 771 g/mol. The summed E-state index contributed by atoms with van der Waals surface area (Å²) in [5.41, 5.74) is 14.8. The van der Waals surface area contributed by atoms with Gasteiger partial charge in [-0.05, 0) is 127 Å². The van der Waals surface area contributed by atoms with Crippen molar-refractivity contribution in [2.45, 2.75) is 79.1 Å². The molecular formula is C54H50N4O. The molecule has 0 unspecified atom stereocenters. The number of ether oxygens (including phenoxy) is 1. The lowest BCUT2D eigenvalue weighted by Gasteiger charge is -2.21. The first-order valence-electron chi connectivity index (χ1n) is 21.2. The summed E-state index contributed by atoms with van der Waals surface area (Å²) in [6.07, 6.45) is 7.94. The average Bonchev–Trinajstić information content (AvgIpc) is 3.95. The SMILES string of the molecule is CC(C)c1cccc(C(C)C)c1-c1ccc2c3ccc(Oc4ccc5c6ccc(-c7c(C(C)C)cccc7C(C)C)cc6n6ccnc6c5c4)cc3c3nccn3c2c1. The van der Waals surface area contributed by atoms with Gasteiger partial charge in [0.2, 0.25) is 0 Å². The summed E-state index contributed by atoms with van der Waals surface area (Å²) >= 11 is 0. The third-order valence-corrected chi connectivity index (χ3v) is 12.4. The standard InChI is InChI=1S/C54H50N4O/c1-31(2)39-11-9-12-40(32(3)4)51(39)35-15-19-45-43-21-17-37(29-47(43)53-55-23-25-57(53)49(45)27-35)59-38-18-22-44-46-20-16-36(28-50(46)58-26-24-56-54(58)48(44)30-38)52-41(33(5)6)13-10-14-42(52)34(7)8/h9-34H,1-8H3. The van der Waals surface area contributed by atoms with E-state index < -0.39 is 0 Å². The Hall–Kier alpha value is -6.46. The molecule has 0 aliphatic heterocycles. The highest BCUT2D eigenvalue weighted by molar-refractivity contribution is 6.14. The van der Waals surface area contributed by atoms with Gasteiger partial charge in [0.25, 0.3) is 0 Å². The maximum Gasteiger partial charge on any atom is 0.145 e. The van der Waals surface area contributed by atoms with E-state index in [4.69, 9.17) is 14.7 Å². The van der Waals surface area contributed by atoms with E-state index in [-0.39, 0.29) is 0 Å². The Balaban J connectivity index is 1.06. The van der Waals surface area contributed by atoms with Crippen LogP contribution < -0.4 is 4.74 Å². The van der Waals surface area contributed by atoms with Gasteiger partial charge in [-0.15, -0.1) is 0 Å². The molecule has 5 nitrogen and oxygen atoms in total. The quantitative estimate of drug-likeness (QED) is 0.145. The molecule has 59 heavy (non-hydrogen) atoms. The highest BCUT2D eigenvalue weighted by Crippen LogP contribution is 2.42. The van der Waals surface area contributed by atoms with Gasteiger partial charge in [-0.2, -0.15) is 0 Å². The molecule has 0 spiro atoms. The number of imidazole rings is 2. The molecule has 292 valence electrons. The van der Waals surface area contributed by atoms with Crippen molar-refractivity contribution in [1.29, 1.82) is 0 Å². The molecule has 10 aromatic rings. The molecule has 0 saturated carbocycles. The van der Waals surface area contributed by atoms with Gasteiger partial charge in [0.15, 0.2) is 0 Å². The second-order valence-corrected chi connectivity index (χ2v) is 17.5. The van der Waals surface area contributed by atoms with E-state index in [0.717, 1.165) is 55.4 Å². The first-order valence-corrected chi connectivity index (χ1v) is 21.2. The Morgan fingerprint density at radius 2 is 0.780 bits per heavy atom. The zero-order chi connectivity index (χ0) is 40.7. The van der Waals surface area contributed by atoms with E-state index in [9.17, 15) is 0 Å². The molecule has 0 atom stereocenters. The summed E-state index contributed by atoms with van der Waals surface area (Å²) in [5.74, 6) is 3.19. The first-order chi connectivity index (χ1) is 28.6. The Labute approximate surface area is 345 Å². The van der Waals surface area contributed by atoms with Crippen molar-refractivity contribution in [2.75, 3.05) is 0 Å². The zero-order valence-corrected chi connectivity index (χ0v) is 35.2. The zero-order valence-electron chi connectivity index (χ0n) is 35.2. The summed E-state index contributed by atoms with van der Waals surface area (Å²) in [5, 5.41) is 6.78. The number of rotatable bonds is 8. The van der Waals surface area contributed by atoms with Crippen LogP contribution in [0.4, 0.5) is 0 Å². The highest BCUT2D eigenvalue weighted by Gasteiger charge is 2.20. The second kappa shape index (κ2) is 14.1. The van der Waals surface area contributed by atoms with E-state index in [1.54, 1.807) is 0 Å². The van der Waals surface area contributed by atoms with Gasteiger partial charge in [-0.25, -0.2) is 9.97 Å². The molecule has 6 aromatic carbocycles. The van der Waals surface area contributed by atoms with Gasteiger partial charge >= 0.3 is 0 Å². The van der Waals surface area contributed by atoms with Crippen molar-refractivity contribution in [3.63, 3.8) is 0 Å². The van der Waals surface area contributed by atoms with E-state index in [2.05, 4.69) is 186 Å². The monoisotopic (exact) mass is 770 g/mol. The molecule has 0 fully saturated rings. The van der Waals surface area contributed by atoms with E-state index >= 15 is 0 Å². The minimum atomic E-state index is 0.417. The summed E-state index contributed by atoms with van der Waals surface area (Å²) in [7, 11) is 0. The van der Waals surface area contributed by atoms with Crippen molar-refractivity contribution in [3.05, 3.63) is 156 Å². The Morgan fingerprint density at radius 3 is 1.15 bits per heavy atom. The van der Waals surface area contributed by atoms with Gasteiger partial charge in [0.05, 0.1) is 11.0 Å². The Bertz CT molecular complexity index is 3000. The van der Waals surface area contributed by atoms with Crippen molar-refractivity contribution >= 4 is 54.6 Å². The molecule has 0 saturated heterocycles. The maximum absolute atomic E-state index is 6.69. The fraction of sp³-hybridized carbons (Fsp3) is 0.222. The predicted octanol–water partition coefficient (Wildman–Crippen LogP) is 15.2. The fourth-order valence-corrected chi connectivity index (χ4v) is 9.54. The second-order valence-electron chi connectivity index (χ2n) is 17.5. The van der Waals surface area contributed by atoms with Crippen molar-refractivity contribution in [3.8, 4) is 33.8 Å². The molecule has 0 radical (unpaired) electrons. The lowest BCUT2D eigenvalue weighted by atomic mass is 9.84. The molecule has 0 aliphatic carbocycles. The minimum Gasteiger partial charge on any atom is -0.457 e. The largest absolute Gasteiger partial charge is 0.457 e. The van der Waals surface area contributed by atoms with Crippen molar-refractivity contribution in [1.82, 2.24) is 18.8 Å². The number of aromatic nitrogens is 4. The number of pyridine rings is 2. The van der Waals surface area contributed by atoms with Crippen LogP contribution in [0.15, 0.2) is 134 Å². The summed E-state index contributed by atoms with van der Waals surface area (Å²) in [6.45, 7) is 18.3. The van der Waals surface area contributed by atoms with Crippen LogP contribution in [0.5, 0.6) is 11.5 Å². The minimum absolute atomic E-state index is 0.417. The summed E-state index contributed by atoms with van der Waals surface area (Å²) in [4.78, 5) is 9.77. The summed E-state index contributed by atoms with van der Waals surface area (Å²) in [6, 6.07) is 40.2. The topological polar surface area (TPSA) is 43.8 Å². The number of hydrogen-bond acceptors (Lipinski definition) is 3. The third-order valence-electron chi connectivity index (χ3n) is 12.4. The molecular weight excluding hydrogens is 721 g/mol. The maximum atomic E-state index is 6.69. The first kappa shape index (κ1) is 36.9. The van der Waals surface area contributed by atoms with Crippen molar-refractivity contribution in [2.24, 2.45) is 0 Å². The Morgan fingerprint density at radius 1 is 0.407 bits per heavy atom. The smallest absolute Gasteiger partial charge is 0.145 e. The molecule has 0 amide bonds. The molecule has 0 aliphatic rings.